The normalized spacial score (nSPS) is 25.9. The van der Waals surface area contributed by atoms with Crippen molar-refractivity contribution in [3.05, 3.63) is 41.5 Å². The molecule has 13 heteroatoms. The molecule has 204 valence electrons. The number of hydrogen-bond donors (Lipinski definition) is 7. The van der Waals surface area contributed by atoms with Crippen LogP contribution in [-0.2, 0) is 4.74 Å². The molecule has 2 aromatic heterocycles. The summed E-state index contributed by atoms with van der Waals surface area (Å²) in [6.45, 7) is -0.602. The van der Waals surface area contributed by atoms with Crippen molar-refractivity contribution in [1.82, 2.24) is 14.9 Å². The van der Waals surface area contributed by atoms with Gasteiger partial charge in [0.25, 0.3) is 11.8 Å². The molecule has 0 saturated carbocycles. The average molecular weight is 547 g/mol. The number of ether oxygens (including phenoxy) is 3. The van der Waals surface area contributed by atoms with Crippen LogP contribution in [0.1, 0.15) is 26.9 Å². The number of carbonyl (C=O) groups excluding carboxylic acids is 2. The van der Waals surface area contributed by atoms with Gasteiger partial charge in [0, 0.05) is 27.6 Å². The highest BCUT2D eigenvalue weighted by Gasteiger charge is 2.46. The number of phenols is 1. The number of carbonyl (C=O) groups is 2. The molecule has 0 bridgehead atoms. The summed E-state index contributed by atoms with van der Waals surface area (Å²) >= 11 is 0. The number of imide groups is 1. The number of hydrogen-bond acceptors (Lipinski definition) is 10. The van der Waals surface area contributed by atoms with Crippen molar-refractivity contribution >= 4 is 55.4 Å². The van der Waals surface area contributed by atoms with Gasteiger partial charge in [-0.05, 0) is 24.3 Å². The van der Waals surface area contributed by atoms with E-state index in [2.05, 4.69) is 10.3 Å². The second-order valence-corrected chi connectivity index (χ2v) is 10.2. The van der Waals surface area contributed by atoms with Crippen molar-refractivity contribution < 1.29 is 49.3 Å². The van der Waals surface area contributed by atoms with Crippen molar-refractivity contribution in [1.29, 1.82) is 0 Å². The smallest absolute Gasteiger partial charge is 0.259 e. The highest BCUT2D eigenvalue weighted by Crippen LogP contribution is 2.48. The molecule has 3 aliphatic rings. The fourth-order valence-electron chi connectivity index (χ4n) is 6.31. The lowest BCUT2D eigenvalue weighted by atomic mass is 9.96. The lowest BCUT2D eigenvalue weighted by Gasteiger charge is -2.41. The van der Waals surface area contributed by atoms with E-state index in [0.717, 1.165) is 0 Å². The fourth-order valence-corrected chi connectivity index (χ4v) is 6.31. The largest absolute Gasteiger partial charge is 0.508 e. The van der Waals surface area contributed by atoms with Crippen LogP contribution >= 0.6 is 0 Å². The zero-order valence-corrected chi connectivity index (χ0v) is 20.4. The first kappa shape index (κ1) is 23.5. The Labute approximate surface area is 222 Å². The molecule has 40 heavy (non-hydrogen) atoms. The molecule has 5 atom stereocenters. The SMILES string of the molecule is O=C1NC(=O)c2c1c1c3cc4c(cc3[nH]c1c1c2c2cc(O)ccc2n1C1O[C@H](CO)[C@H](O)[C@@H](O)[C@H]1O)OCO4. The molecule has 1 fully saturated rings. The van der Waals surface area contributed by atoms with E-state index >= 15 is 0 Å². The van der Waals surface area contributed by atoms with Crippen LogP contribution in [0, 0.1) is 0 Å². The third kappa shape index (κ3) is 2.82. The zero-order chi connectivity index (χ0) is 27.6. The molecule has 1 saturated heterocycles. The molecule has 2 amide bonds. The molecular weight excluding hydrogens is 526 g/mol. The van der Waals surface area contributed by atoms with E-state index < -0.39 is 49.1 Å². The summed E-state index contributed by atoms with van der Waals surface area (Å²) in [5.41, 5.74) is 1.92. The third-order valence-corrected chi connectivity index (χ3v) is 8.07. The van der Waals surface area contributed by atoms with Crippen LogP contribution in [0.15, 0.2) is 30.3 Å². The highest BCUT2D eigenvalue weighted by atomic mass is 16.7. The maximum absolute atomic E-state index is 13.3. The number of aromatic hydroxyl groups is 1. The summed E-state index contributed by atoms with van der Waals surface area (Å²) in [5.74, 6) is -0.392. The Morgan fingerprint density at radius 2 is 1.62 bits per heavy atom. The summed E-state index contributed by atoms with van der Waals surface area (Å²) < 4.78 is 18.6. The van der Waals surface area contributed by atoms with E-state index in [4.69, 9.17) is 14.2 Å². The minimum Gasteiger partial charge on any atom is -0.508 e. The van der Waals surface area contributed by atoms with Crippen molar-refractivity contribution in [2.45, 2.75) is 30.6 Å². The second kappa shape index (κ2) is 7.84. The molecule has 8 rings (SSSR count). The van der Waals surface area contributed by atoms with Gasteiger partial charge in [-0.15, -0.1) is 0 Å². The molecule has 0 aliphatic carbocycles. The van der Waals surface area contributed by atoms with E-state index in [-0.39, 0.29) is 23.7 Å². The quantitative estimate of drug-likeness (QED) is 0.155. The Kier molecular flexibility index (Phi) is 4.60. The number of aromatic nitrogens is 2. The number of benzene rings is 3. The predicted octanol–water partition coefficient (Wildman–Crippen LogP) is 0.719. The standard InChI is InChI=1S/C27H21N3O10/c31-6-15-22(33)23(34)24(35)27(40-15)30-12-2-1-8(32)3-10(12)17-19-18(25(36)29-26(19)37)16-9-4-13-14(39-7-38-13)5-11(9)28-20(16)21(17)30/h1-5,15,22-24,27-28,31-35H,6-7H2,(H,29,36,37)/t15-,22+,23-,24-,27?/m1/s1. The number of fused-ring (bicyclic) bond motifs is 11. The molecule has 7 N–H and O–H groups in total. The molecule has 3 aliphatic heterocycles. The van der Waals surface area contributed by atoms with Gasteiger partial charge in [0.05, 0.1) is 39.8 Å². The third-order valence-electron chi connectivity index (χ3n) is 8.07. The minimum atomic E-state index is -1.67. The molecular formula is C27H21N3O10. The number of phenolic OH excluding ortho intramolecular Hbond substituents is 1. The Hall–Kier alpha value is -4.40. The Morgan fingerprint density at radius 3 is 2.38 bits per heavy atom. The number of aliphatic hydroxyl groups is 4. The van der Waals surface area contributed by atoms with Crippen molar-refractivity contribution in [3.63, 3.8) is 0 Å². The highest BCUT2D eigenvalue weighted by molar-refractivity contribution is 6.39. The first-order chi connectivity index (χ1) is 19.3. The number of nitrogens with one attached hydrogen (secondary N) is 2. The first-order valence-corrected chi connectivity index (χ1v) is 12.5. The summed E-state index contributed by atoms with van der Waals surface area (Å²) in [7, 11) is 0. The van der Waals surface area contributed by atoms with Crippen LogP contribution < -0.4 is 14.8 Å². The Bertz CT molecular complexity index is 1960. The number of nitrogens with zero attached hydrogens (tertiary/aromatic N) is 1. The minimum absolute atomic E-state index is 0.0377. The average Bonchev–Trinajstić information content (AvgIpc) is 3.68. The monoisotopic (exact) mass is 547 g/mol. The van der Waals surface area contributed by atoms with Gasteiger partial charge in [-0.1, -0.05) is 0 Å². The van der Waals surface area contributed by atoms with E-state index in [1.54, 1.807) is 22.8 Å². The lowest BCUT2D eigenvalue weighted by molar-refractivity contribution is -0.249. The van der Waals surface area contributed by atoms with Crippen LogP contribution in [0.3, 0.4) is 0 Å². The van der Waals surface area contributed by atoms with Gasteiger partial charge in [0.1, 0.15) is 30.2 Å². The van der Waals surface area contributed by atoms with Gasteiger partial charge in [-0.2, -0.15) is 0 Å². The number of aliphatic hydroxyl groups excluding tert-OH is 4. The topological polar surface area (TPSA) is 196 Å². The number of aromatic amines is 1. The van der Waals surface area contributed by atoms with Crippen molar-refractivity contribution in [2.24, 2.45) is 0 Å². The van der Waals surface area contributed by atoms with E-state index in [0.29, 0.717) is 55.1 Å². The number of H-pyrrole nitrogens is 1. The van der Waals surface area contributed by atoms with Gasteiger partial charge in [-0.25, -0.2) is 0 Å². The van der Waals surface area contributed by atoms with Gasteiger partial charge in [-0.3, -0.25) is 14.9 Å². The van der Waals surface area contributed by atoms with Crippen LogP contribution in [-0.4, -0.2) is 84.7 Å². The second-order valence-electron chi connectivity index (χ2n) is 10.2. The Morgan fingerprint density at radius 1 is 0.900 bits per heavy atom. The van der Waals surface area contributed by atoms with Crippen LogP contribution in [0.25, 0.3) is 43.6 Å². The van der Waals surface area contributed by atoms with Crippen LogP contribution in [0.5, 0.6) is 17.2 Å². The van der Waals surface area contributed by atoms with Gasteiger partial charge in [0.15, 0.2) is 17.7 Å². The molecule has 5 aromatic rings. The maximum Gasteiger partial charge on any atom is 0.259 e. The molecule has 13 nitrogen and oxygen atoms in total. The fraction of sp³-hybridized carbons (Fsp3) is 0.259. The molecule has 3 aromatic carbocycles. The van der Waals surface area contributed by atoms with E-state index in [9.17, 15) is 35.1 Å². The van der Waals surface area contributed by atoms with Gasteiger partial charge < -0.3 is 49.3 Å². The molecule has 0 spiro atoms. The van der Waals surface area contributed by atoms with E-state index in [1.807, 2.05) is 0 Å². The van der Waals surface area contributed by atoms with Crippen LogP contribution in [0.4, 0.5) is 0 Å². The summed E-state index contributed by atoms with van der Waals surface area (Å²) in [6, 6.07) is 7.83. The van der Waals surface area contributed by atoms with Gasteiger partial charge in [0.2, 0.25) is 6.79 Å². The van der Waals surface area contributed by atoms with Gasteiger partial charge >= 0.3 is 0 Å². The lowest BCUT2D eigenvalue weighted by Crippen LogP contribution is -2.56. The molecule has 0 radical (unpaired) electrons. The maximum atomic E-state index is 13.3. The van der Waals surface area contributed by atoms with E-state index in [1.165, 1.54) is 12.1 Å². The summed E-state index contributed by atoms with van der Waals surface area (Å²) in [4.78, 5) is 29.8. The molecule has 5 heterocycles. The van der Waals surface area contributed by atoms with Crippen molar-refractivity contribution in [3.8, 4) is 17.2 Å². The summed E-state index contributed by atoms with van der Waals surface area (Å²) in [6.07, 6.45) is -7.46. The summed E-state index contributed by atoms with van der Waals surface area (Å²) in [5, 5.41) is 56.5. The predicted molar refractivity (Wildman–Crippen MR) is 137 cm³/mol. The molecule has 1 unspecified atom stereocenters. The van der Waals surface area contributed by atoms with Crippen molar-refractivity contribution in [2.75, 3.05) is 13.4 Å². The number of rotatable bonds is 2. The van der Waals surface area contributed by atoms with Crippen LogP contribution in [0.2, 0.25) is 0 Å². The number of amides is 2. The zero-order valence-electron chi connectivity index (χ0n) is 20.4. The first-order valence-electron chi connectivity index (χ1n) is 12.5. The Balaban J connectivity index is 1.58.